The van der Waals surface area contributed by atoms with Gasteiger partial charge in [-0.05, 0) is 19.3 Å². The van der Waals surface area contributed by atoms with Gasteiger partial charge in [0.15, 0.2) is 0 Å². The number of hydrogen-bond acceptors (Lipinski definition) is 5. The highest BCUT2D eigenvalue weighted by Crippen LogP contribution is 2.27. The number of rotatable bonds is 3. The maximum absolute atomic E-state index is 12.4. The summed E-state index contributed by atoms with van der Waals surface area (Å²) in [6, 6.07) is 0.427. The van der Waals surface area contributed by atoms with E-state index in [9.17, 15) is 4.79 Å². The fourth-order valence-corrected chi connectivity index (χ4v) is 3.54. The first-order valence-corrected chi connectivity index (χ1v) is 8.38. The fraction of sp³-hybridized carbons (Fsp3) is 0.667. The molecule has 2 aromatic rings. The van der Waals surface area contributed by atoms with Crippen LogP contribution in [0.25, 0.3) is 0 Å². The van der Waals surface area contributed by atoms with Gasteiger partial charge in [-0.25, -0.2) is 9.67 Å². The highest BCUT2D eigenvalue weighted by Gasteiger charge is 2.26. The third-order valence-electron chi connectivity index (χ3n) is 4.89. The van der Waals surface area contributed by atoms with E-state index < -0.39 is 0 Å². The zero-order valence-electron chi connectivity index (χ0n) is 13.1. The average molecular weight is 315 g/mol. The molecule has 1 amide bonds. The van der Waals surface area contributed by atoms with Crippen molar-refractivity contribution < 1.29 is 4.79 Å². The van der Waals surface area contributed by atoms with Gasteiger partial charge in [0.25, 0.3) is 0 Å². The second kappa shape index (κ2) is 6.10. The quantitative estimate of drug-likeness (QED) is 0.928. The molecule has 122 valence electrons. The van der Waals surface area contributed by atoms with Crippen LogP contribution in [0.4, 0.5) is 5.95 Å². The van der Waals surface area contributed by atoms with Crippen molar-refractivity contribution in [2.75, 3.05) is 5.32 Å². The van der Waals surface area contributed by atoms with Crippen molar-refractivity contribution in [3.63, 3.8) is 0 Å². The molecule has 0 saturated heterocycles. The summed E-state index contributed by atoms with van der Waals surface area (Å²) in [5.74, 6) is 1.26. The van der Waals surface area contributed by atoms with Gasteiger partial charge in [0.2, 0.25) is 11.9 Å². The molecular weight excluding hydrogens is 294 g/mol. The van der Waals surface area contributed by atoms with Gasteiger partial charge in [-0.3, -0.25) is 10.1 Å². The highest BCUT2D eigenvalue weighted by atomic mass is 16.2. The second-order valence-electron chi connectivity index (χ2n) is 6.46. The Morgan fingerprint density at radius 1 is 1.17 bits per heavy atom. The lowest BCUT2D eigenvalue weighted by Gasteiger charge is -2.22. The van der Waals surface area contributed by atoms with Gasteiger partial charge in [0.05, 0.1) is 12.0 Å². The van der Waals surface area contributed by atoms with Crippen LogP contribution in [0.2, 0.25) is 0 Å². The summed E-state index contributed by atoms with van der Waals surface area (Å²) < 4.78 is 3.86. The summed E-state index contributed by atoms with van der Waals surface area (Å²) in [6.07, 6.45) is 11.1. The summed E-state index contributed by atoms with van der Waals surface area (Å²) in [5.41, 5.74) is 0. The van der Waals surface area contributed by atoms with Crippen LogP contribution in [0.15, 0.2) is 12.7 Å². The fourth-order valence-electron chi connectivity index (χ4n) is 3.54. The molecule has 3 heterocycles. The Kier molecular flexibility index (Phi) is 3.80. The molecule has 1 unspecified atom stereocenters. The molecule has 1 fully saturated rings. The third-order valence-corrected chi connectivity index (χ3v) is 4.89. The number of amides is 1. The van der Waals surface area contributed by atoms with Crippen molar-refractivity contribution in [1.29, 1.82) is 0 Å². The van der Waals surface area contributed by atoms with E-state index in [1.807, 2.05) is 9.25 Å². The van der Waals surface area contributed by atoms with Crippen molar-refractivity contribution in [2.24, 2.45) is 5.92 Å². The molecule has 0 radical (unpaired) electrons. The summed E-state index contributed by atoms with van der Waals surface area (Å²) in [4.78, 5) is 16.7. The molecule has 4 rings (SSSR count). The Hall–Kier alpha value is -2.25. The van der Waals surface area contributed by atoms with Crippen LogP contribution in [0.3, 0.4) is 0 Å². The van der Waals surface area contributed by atoms with Crippen LogP contribution in [0.5, 0.6) is 0 Å². The number of aryl methyl sites for hydroxylation is 1. The van der Waals surface area contributed by atoms with E-state index in [0.29, 0.717) is 18.5 Å². The van der Waals surface area contributed by atoms with Crippen molar-refractivity contribution in [3.8, 4) is 0 Å². The summed E-state index contributed by atoms with van der Waals surface area (Å²) in [5, 5.41) is 15.2. The van der Waals surface area contributed by atoms with Crippen molar-refractivity contribution in [2.45, 2.75) is 57.5 Å². The predicted octanol–water partition coefficient (Wildman–Crippen LogP) is 1.58. The van der Waals surface area contributed by atoms with Crippen molar-refractivity contribution in [3.05, 3.63) is 18.5 Å². The Balaban J connectivity index is 1.38. The standard InChI is InChI=1S/C15H21N7O/c23-14(11-6-7-13-19-17-10-21(13)8-11)18-15-16-9-22(20-15)12-4-2-1-3-5-12/h9-12H,1-8H2,(H,18,20,23). The second-order valence-corrected chi connectivity index (χ2v) is 6.46. The number of nitrogens with zero attached hydrogens (tertiary/aromatic N) is 6. The number of carbonyl (C=O) groups is 1. The van der Waals surface area contributed by atoms with Gasteiger partial charge in [-0.15, -0.1) is 15.3 Å². The Morgan fingerprint density at radius 2 is 2.04 bits per heavy atom. The lowest BCUT2D eigenvalue weighted by atomic mass is 9.96. The van der Waals surface area contributed by atoms with E-state index in [4.69, 9.17) is 0 Å². The molecular formula is C15H21N7O. The number of carbonyl (C=O) groups excluding carboxylic acids is 1. The number of nitrogens with one attached hydrogen (secondary N) is 1. The monoisotopic (exact) mass is 315 g/mol. The summed E-state index contributed by atoms with van der Waals surface area (Å²) in [6.45, 7) is 0.623. The lowest BCUT2D eigenvalue weighted by molar-refractivity contribution is -0.120. The molecule has 0 aromatic carbocycles. The van der Waals surface area contributed by atoms with E-state index in [1.165, 1.54) is 19.3 Å². The topological polar surface area (TPSA) is 90.5 Å². The largest absolute Gasteiger partial charge is 0.317 e. The van der Waals surface area contributed by atoms with Gasteiger partial charge in [0.1, 0.15) is 18.5 Å². The molecule has 1 aliphatic heterocycles. The SMILES string of the molecule is O=C(Nc1ncn(C2CCCCC2)n1)C1CCc2nncn2C1. The van der Waals surface area contributed by atoms with E-state index in [2.05, 4.69) is 25.6 Å². The molecule has 2 aromatic heterocycles. The molecule has 23 heavy (non-hydrogen) atoms. The number of aromatic nitrogens is 6. The van der Waals surface area contributed by atoms with Gasteiger partial charge in [-0.1, -0.05) is 19.3 Å². The minimum Gasteiger partial charge on any atom is -0.317 e. The third kappa shape index (κ3) is 2.97. The number of fused-ring (bicyclic) bond motifs is 1. The van der Waals surface area contributed by atoms with Gasteiger partial charge < -0.3 is 4.57 Å². The Bertz CT molecular complexity index is 686. The Morgan fingerprint density at radius 3 is 2.91 bits per heavy atom. The maximum Gasteiger partial charge on any atom is 0.248 e. The zero-order valence-corrected chi connectivity index (χ0v) is 13.1. The molecule has 8 nitrogen and oxygen atoms in total. The Labute approximate surface area is 134 Å². The molecule has 1 atom stereocenters. The number of hydrogen-bond donors (Lipinski definition) is 1. The van der Waals surface area contributed by atoms with Crippen molar-refractivity contribution in [1.82, 2.24) is 29.5 Å². The molecule has 1 aliphatic carbocycles. The first-order chi connectivity index (χ1) is 11.3. The molecule has 8 heteroatoms. The van der Waals surface area contributed by atoms with Gasteiger partial charge >= 0.3 is 0 Å². The smallest absolute Gasteiger partial charge is 0.248 e. The molecule has 1 saturated carbocycles. The molecule has 0 spiro atoms. The normalized spacial score (nSPS) is 21.8. The zero-order chi connectivity index (χ0) is 15.6. The first-order valence-electron chi connectivity index (χ1n) is 8.38. The minimum atomic E-state index is -0.0832. The average Bonchev–Trinajstić information content (AvgIpc) is 3.24. The summed E-state index contributed by atoms with van der Waals surface area (Å²) >= 11 is 0. The number of anilines is 1. The first kappa shape index (κ1) is 14.3. The van der Waals surface area contributed by atoms with E-state index in [0.717, 1.165) is 31.5 Å². The van der Waals surface area contributed by atoms with Gasteiger partial charge in [-0.2, -0.15) is 0 Å². The van der Waals surface area contributed by atoms with E-state index >= 15 is 0 Å². The molecule has 1 N–H and O–H groups in total. The van der Waals surface area contributed by atoms with Crippen LogP contribution >= 0.6 is 0 Å². The summed E-state index contributed by atoms with van der Waals surface area (Å²) in [7, 11) is 0. The van der Waals surface area contributed by atoms with Crippen LogP contribution in [-0.4, -0.2) is 35.4 Å². The highest BCUT2D eigenvalue weighted by molar-refractivity contribution is 5.90. The minimum absolute atomic E-state index is 0.0225. The predicted molar refractivity (Wildman–Crippen MR) is 82.6 cm³/mol. The van der Waals surface area contributed by atoms with Crippen LogP contribution in [-0.2, 0) is 17.8 Å². The molecule has 0 bridgehead atoms. The van der Waals surface area contributed by atoms with Crippen LogP contribution in [0.1, 0.15) is 50.4 Å². The van der Waals surface area contributed by atoms with Crippen molar-refractivity contribution >= 4 is 11.9 Å². The van der Waals surface area contributed by atoms with Crippen LogP contribution in [0, 0.1) is 5.92 Å². The lowest BCUT2D eigenvalue weighted by Crippen LogP contribution is -2.31. The maximum atomic E-state index is 12.4. The van der Waals surface area contributed by atoms with E-state index in [1.54, 1.807) is 12.7 Å². The molecule has 2 aliphatic rings. The van der Waals surface area contributed by atoms with E-state index in [-0.39, 0.29) is 11.8 Å². The van der Waals surface area contributed by atoms with Crippen LogP contribution < -0.4 is 5.32 Å². The van der Waals surface area contributed by atoms with Gasteiger partial charge in [0, 0.05) is 13.0 Å².